The first-order valence-electron chi connectivity index (χ1n) is 13.9. The third kappa shape index (κ3) is 4.94. The lowest BCUT2D eigenvalue weighted by Gasteiger charge is -2.19. The number of aryl methyl sites for hydroxylation is 2. The molecule has 0 N–H and O–H groups in total. The molecule has 0 unspecified atom stereocenters. The van der Waals surface area contributed by atoms with Crippen LogP contribution in [0.2, 0.25) is 0 Å². The second kappa shape index (κ2) is 10.2. The summed E-state index contributed by atoms with van der Waals surface area (Å²) in [5, 5.41) is 2.35. The van der Waals surface area contributed by atoms with Gasteiger partial charge in [0.05, 0.1) is 11.4 Å². The van der Waals surface area contributed by atoms with Gasteiger partial charge in [-0.2, -0.15) is 0 Å². The Morgan fingerprint density at radius 1 is 0.525 bits per heavy atom. The lowest BCUT2D eigenvalue weighted by atomic mass is 9.86. The van der Waals surface area contributed by atoms with E-state index in [0.717, 1.165) is 27.9 Å². The highest BCUT2D eigenvalue weighted by Gasteiger charge is 2.16. The molecule has 196 valence electrons. The van der Waals surface area contributed by atoms with E-state index >= 15 is 0 Å². The molecule has 0 saturated carbocycles. The molecule has 0 amide bonds. The summed E-state index contributed by atoms with van der Waals surface area (Å²) in [7, 11) is 0. The van der Waals surface area contributed by atoms with Gasteiger partial charge in [0.15, 0.2) is 0 Å². The number of hydrogen-bond acceptors (Lipinski definition) is 2. The first-order chi connectivity index (χ1) is 19.3. The van der Waals surface area contributed by atoms with Crippen molar-refractivity contribution in [2.75, 3.05) is 0 Å². The number of nitrogens with zero attached hydrogens (tertiary/aromatic N) is 2. The first-order valence-corrected chi connectivity index (χ1v) is 13.9. The molecule has 0 aliphatic heterocycles. The summed E-state index contributed by atoms with van der Waals surface area (Å²) >= 11 is 0. The number of pyridine rings is 2. The van der Waals surface area contributed by atoms with Gasteiger partial charge in [0.2, 0.25) is 0 Å². The van der Waals surface area contributed by atoms with Gasteiger partial charge in [-0.1, -0.05) is 105 Å². The third-order valence-electron chi connectivity index (χ3n) is 7.74. The van der Waals surface area contributed by atoms with Crippen LogP contribution < -0.4 is 0 Å². The Labute approximate surface area is 237 Å². The molecular formula is C38H34N2. The maximum Gasteiger partial charge on any atom is 0.0708 e. The van der Waals surface area contributed by atoms with Crippen molar-refractivity contribution in [2.45, 2.75) is 40.0 Å². The predicted octanol–water partition coefficient (Wildman–Crippen LogP) is 10.2. The summed E-state index contributed by atoms with van der Waals surface area (Å²) in [4.78, 5) is 9.67. The molecule has 0 bridgehead atoms. The van der Waals surface area contributed by atoms with Crippen LogP contribution in [0, 0.1) is 13.8 Å². The van der Waals surface area contributed by atoms with Crippen molar-refractivity contribution in [3.05, 3.63) is 132 Å². The maximum absolute atomic E-state index is 4.93. The van der Waals surface area contributed by atoms with Crippen LogP contribution in [0.5, 0.6) is 0 Å². The number of rotatable bonds is 4. The van der Waals surface area contributed by atoms with Crippen molar-refractivity contribution >= 4 is 10.8 Å². The Morgan fingerprint density at radius 2 is 1.23 bits per heavy atom. The largest absolute Gasteiger partial charge is 0.256 e. The minimum Gasteiger partial charge on any atom is -0.256 e. The van der Waals surface area contributed by atoms with Gasteiger partial charge in [-0.3, -0.25) is 9.97 Å². The van der Waals surface area contributed by atoms with Gasteiger partial charge in [-0.25, -0.2) is 0 Å². The van der Waals surface area contributed by atoms with E-state index in [-0.39, 0.29) is 5.41 Å². The second-order valence-electron chi connectivity index (χ2n) is 11.7. The Kier molecular flexibility index (Phi) is 6.56. The SMILES string of the molecule is Cc1ccc(-c2ccc(-c3cccc(-c4cc(C(C)(C)C)ccn4)c3)c3cc(-c4ccccc4)ncc23)c(C)c1. The number of fused-ring (bicyclic) bond motifs is 1. The van der Waals surface area contributed by atoms with E-state index in [1.54, 1.807) is 0 Å². The highest BCUT2D eigenvalue weighted by molar-refractivity contribution is 6.06. The van der Waals surface area contributed by atoms with Crippen LogP contribution >= 0.6 is 0 Å². The van der Waals surface area contributed by atoms with Crippen molar-refractivity contribution in [3.63, 3.8) is 0 Å². The highest BCUT2D eigenvalue weighted by Crippen LogP contribution is 2.39. The molecule has 0 saturated heterocycles. The van der Waals surface area contributed by atoms with Gasteiger partial charge in [-0.15, -0.1) is 0 Å². The maximum atomic E-state index is 4.93. The number of benzene rings is 4. The third-order valence-corrected chi connectivity index (χ3v) is 7.74. The van der Waals surface area contributed by atoms with E-state index in [1.807, 2.05) is 18.5 Å². The summed E-state index contributed by atoms with van der Waals surface area (Å²) in [5.74, 6) is 0. The quantitative estimate of drug-likeness (QED) is 0.232. The van der Waals surface area contributed by atoms with Crippen molar-refractivity contribution in [1.29, 1.82) is 0 Å². The normalized spacial score (nSPS) is 11.6. The molecule has 40 heavy (non-hydrogen) atoms. The van der Waals surface area contributed by atoms with Crippen molar-refractivity contribution in [2.24, 2.45) is 0 Å². The summed E-state index contributed by atoms with van der Waals surface area (Å²) in [6.45, 7) is 11.1. The number of aromatic nitrogens is 2. The van der Waals surface area contributed by atoms with E-state index in [1.165, 1.54) is 44.3 Å². The van der Waals surface area contributed by atoms with E-state index in [9.17, 15) is 0 Å². The minimum absolute atomic E-state index is 0.0658. The van der Waals surface area contributed by atoms with Gasteiger partial charge < -0.3 is 0 Å². The average Bonchev–Trinajstić information content (AvgIpc) is 2.97. The van der Waals surface area contributed by atoms with Crippen LogP contribution in [0.4, 0.5) is 0 Å². The Morgan fingerprint density at radius 3 is 2.00 bits per heavy atom. The van der Waals surface area contributed by atoms with E-state index < -0.39 is 0 Å². The molecule has 2 heteroatoms. The van der Waals surface area contributed by atoms with E-state index in [2.05, 4.69) is 132 Å². The van der Waals surface area contributed by atoms with Crippen LogP contribution in [-0.4, -0.2) is 9.97 Å². The molecule has 0 radical (unpaired) electrons. The van der Waals surface area contributed by atoms with Gasteiger partial charge in [0.25, 0.3) is 0 Å². The zero-order valence-corrected chi connectivity index (χ0v) is 23.9. The molecular weight excluding hydrogens is 484 g/mol. The topological polar surface area (TPSA) is 25.8 Å². The van der Waals surface area contributed by atoms with Crippen molar-refractivity contribution < 1.29 is 0 Å². The first kappa shape index (κ1) is 25.7. The minimum atomic E-state index is 0.0658. The van der Waals surface area contributed by atoms with E-state index in [4.69, 9.17) is 9.97 Å². The lowest BCUT2D eigenvalue weighted by molar-refractivity contribution is 0.589. The fourth-order valence-electron chi connectivity index (χ4n) is 5.51. The average molecular weight is 519 g/mol. The fraction of sp³-hybridized carbons (Fsp3) is 0.158. The van der Waals surface area contributed by atoms with Crippen molar-refractivity contribution in [3.8, 4) is 44.8 Å². The molecule has 0 fully saturated rings. The summed E-state index contributed by atoms with van der Waals surface area (Å²) in [5.41, 5.74) is 12.9. The molecule has 6 rings (SSSR count). The second-order valence-corrected chi connectivity index (χ2v) is 11.7. The summed E-state index contributed by atoms with van der Waals surface area (Å²) in [6.07, 6.45) is 3.97. The van der Waals surface area contributed by atoms with Crippen molar-refractivity contribution in [1.82, 2.24) is 9.97 Å². The van der Waals surface area contributed by atoms with Crippen LogP contribution in [0.15, 0.2) is 116 Å². The molecule has 6 aromatic rings. The molecule has 2 aromatic heterocycles. The molecule has 0 aliphatic carbocycles. The van der Waals surface area contributed by atoms with Crippen LogP contribution in [0.3, 0.4) is 0 Å². The van der Waals surface area contributed by atoms with Gasteiger partial charge in [0.1, 0.15) is 0 Å². The van der Waals surface area contributed by atoms with Crippen LogP contribution in [0.1, 0.15) is 37.5 Å². The zero-order valence-electron chi connectivity index (χ0n) is 23.9. The monoisotopic (exact) mass is 518 g/mol. The fourth-order valence-corrected chi connectivity index (χ4v) is 5.51. The van der Waals surface area contributed by atoms with Gasteiger partial charge in [0, 0.05) is 28.9 Å². The highest BCUT2D eigenvalue weighted by atomic mass is 14.7. The van der Waals surface area contributed by atoms with Gasteiger partial charge in [-0.05, 0) is 82.3 Å². The zero-order chi connectivity index (χ0) is 27.9. The molecule has 2 heterocycles. The Bertz CT molecular complexity index is 1840. The summed E-state index contributed by atoms with van der Waals surface area (Å²) in [6, 6.07) is 37.0. The predicted molar refractivity (Wildman–Crippen MR) is 169 cm³/mol. The Hall–Kier alpha value is -4.56. The summed E-state index contributed by atoms with van der Waals surface area (Å²) < 4.78 is 0. The smallest absolute Gasteiger partial charge is 0.0708 e. The Balaban J connectivity index is 1.55. The van der Waals surface area contributed by atoms with E-state index in [0.29, 0.717) is 0 Å². The van der Waals surface area contributed by atoms with Crippen LogP contribution in [-0.2, 0) is 5.41 Å². The number of hydrogen-bond donors (Lipinski definition) is 0. The molecule has 0 atom stereocenters. The molecule has 0 aliphatic rings. The molecule has 2 nitrogen and oxygen atoms in total. The van der Waals surface area contributed by atoms with Crippen LogP contribution in [0.25, 0.3) is 55.5 Å². The lowest BCUT2D eigenvalue weighted by Crippen LogP contribution is -2.11. The molecule has 0 spiro atoms. The standard InChI is InChI=1S/C38H34N2/c1-25-14-15-31(26(2)20-25)33-17-16-32(34-23-37(40-24-35(33)34)27-10-7-6-8-11-27)28-12-9-13-29(21-28)36-22-30(18-19-39-36)38(3,4)5/h6-24H,1-5H3. The molecule has 4 aromatic carbocycles. The van der Waals surface area contributed by atoms with Gasteiger partial charge >= 0.3 is 0 Å².